The molecule has 0 fully saturated rings. The zero-order valence-corrected chi connectivity index (χ0v) is 20.2. The van der Waals surface area contributed by atoms with Gasteiger partial charge < -0.3 is 20.4 Å². The lowest BCUT2D eigenvalue weighted by Gasteiger charge is -2.13. The Bertz CT molecular complexity index is 790. The molecule has 9 heteroatoms. The summed E-state index contributed by atoms with van der Waals surface area (Å²) in [5, 5.41) is 9.60. The number of guanidine groups is 1. The number of hydrogen-bond acceptors (Lipinski definition) is 5. The van der Waals surface area contributed by atoms with Crippen molar-refractivity contribution in [1.29, 1.82) is 0 Å². The van der Waals surface area contributed by atoms with E-state index in [0.717, 1.165) is 35.3 Å². The van der Waals surface area contributed by atoms with Gasteiger partial charge in [-0.3, -0.25) is 9.79 Å². The maximum Gasteiger partial charge on any atom is 0.253 e. The Kier molecular flexibility index (Phi) is 10.2. The van der Waals surface area contributed by atoms with Crippen LogP contribution in [0.4, 0.5) is 5.13 Å². The summed E-state index contributed by atoms with van der Waals surface area (Å²) >= 11 is 1.62. The number of anilines is 1. The molecule has 0 aliphatic carbocycles. The molecule has 1 amide bonds. The molecule has 154 valence electrons. The minimum Gasteiger partial charge on any atom is -0.356 e. The first-order chi connectivity index (χ1) is 12.9. The summed E-state index contributed by atoms with van der Waals surface area (Å²) in [6, 6.07) is 7.74. The van der Waals surface area contributed by atoms with Gasteiger partial charge >= 0.3 is 0 Å². The lowest BCUT2D eigenvalue weighted by molar-refractivity contribution is 0.0827. The van der Waals surface area contributed by atoms with Crippen LogP contribution in [0, 0.1) is 0 Å². The second-order valence-corrected chi connectivity index (χ2v) is 7.35. The van der Waals surface area contributed by atoms with Crippen LogP contribution in [0.3, 0.4) is 0 Å². The van der Waals surface area contributed by atoms with Crippen LogP contribution in [0.2, 0.25) is 0 Å². The van der Waals surface area contributed by atoms with E-state index in [9.17, 15) is 4.79 Å². The van der Waals surface area contributed by atoms with Crippen molar-refractivity contribution in [3.05, 3.63) is 46.5 Å². The van der Waals surface area contributed by atoms with Crippen molar-refractivity contribution >= 4 is 52.3 Å². The van der Waals surface area contributed by atoms with Gasteiger partial charge in [0.05, 0.1) is 12.2 Å². The zero-order valence-electron chi connectivity index (χ0n) is 17.0. The summed E-state index contributed by atoms with van der Waals surface area (Å²) < 4.78 is 0. The molecule has 0 saturated heterocycles. The molecule has 1 heterocycles. The van der Waals surface area contributed by atoms with E-state index in [1.807, 2.05) is 48.6 Å². The molecular weight excluding hydrogens is 487 g/mol. The van der Waals surface area contributed by atoms with Gasteiger partial charge in [0.15, 0.2) is 11.1 Å². The molecule has 0 aliphatic heterocycles. The van der Waals surface area contributed by atoms with E-state index in [4.69, 9.17) is 0 Å². The first kappa shape index (κ1) is 24.2. The van der Waals surface area contributed by atoms with E-state index in [0.29, 0.717) is 12.1 Å². The second kappa shape index (κ2) is 11.8. The molecule has 1 aromatic carbocycles. The van der Waals surface area contributed by atoms with E-state index >= 15 is 0 Å². The summed E-state index contributed by atoms with van der Waals surface area (Å²) in [4.78, 5) is 24.4. The number of nitrogens with zero attached hydrogens (tertiary/aromatic N) is 4. The number of halogens is 1. The van der Waals surface area contributed by atoms with E-state index in [-0.39, 0.29) is 29.9 Å². The highest BCUT2D eigenvalue weighted by molar-refractivity contribution is 14.0. The smallest absolute Gasteiger partial charge is 0.253 e. The number of carbonyl (C=O) groups is 1. The zero-order chi connectivity index (χ0) is 19.8. The van der Waals surface area contributed by atoms with Gasteiger partial charge in [-0.05, 0) is 24.1 Å². The number of amides is 1. The van der Waals surface area contributed by atoms with Crippen LogP contribution in [0.15, 0.2) is 34.6 Å². The molecule has 2 rings (SSSR count). The lowest BCUT2D eigenvalue weighted by Crippen LogP contribution is -2.38. The molecular formula is C19H29IN6OS. The first-order valence-corrected chi connectivity index (χ1v) is 9.65. The third kappa shape index (κ3) is 7.27. The van der Waals surface area contributed by atoms with Crippen LogP contribution in [0.25, 0.3) is 0 Å². The second-order valence-electron chi connectivity index (χ2n) is 6.52. The number of benzene rings is 1. The molecule has 0 bridgehead atoms. The van der Waals surface area contributed by atoms with Crippen molar-refractivity contribution < 1.29 is 4.79 Å². The summed E-state index contributed by atoms with van der Waals surface area (Å²) in [7, 11) is 9.24. The van der Waals surface area contributed by atoms with Crippen molar-refractivity contribution in [3.8, 4) is 0 Å². The monoisotopic (exact) mass is 516 g/mol. The lowest BCUT2D eigenvalue weighted by atomic mass is 10.1. The van der Waals surface area contributed by atoms with Crippen molar-refractivity contribution in [1.82, 2.24) is 20.5 Å². The Morgan fingerprint density at radius 3 is 2.57 bits per heavy atom. The fraction of sp³-hybridized carbons (Fsp3) is 0.421. The fourth-order valence-corrected chi connectivity index (χ4v) is 3.18. The predicted molar refractivity (Wildman–Crippen MR) is 128 cm³/mol. The van der Waals surface area contributed by atoms with Gasteiger partial charge in [0.2, 0.25) is 0 Å². The van der Waals surface area contributed by atoms with E-state index < -0.39 is 0 Å². The number of hydrogen-bond donors (Lipinski definition) is 2. The Hall–Kier alpha value is -1.88. The van der Waals surface area contributed by atoms with Gasteiger partial charge in [-0.25, -0.2) is 4.98 Å². The Morgan fingerprint density at radius 1 is 1.21 bits per heavy atom. The SMILES string of the molecule is CN=C(NCCc1cccc(C(=O)N(C)C)c1)NCc1csc(N(C)C)n1.I. The molecule has 0 spiro atoms. The van der Waals surface area contributed by atoms with Gasteiger partial charge in [-0.2, -0.15) is 0 Å². The van der Waals surface area contributed by atoms with E-state index in [1.165, 1.54) is 0 Å². The summed E-state index contributed by atoms with van der Waals surface area (Å²) in [5.74, 6) is 0.748. The normalized spacial score (nSPS) is 10.8. The summed E-state index contributed by atoms with van der Waals surface area (Å²) in [6.45, 7) is 1.34. The van der Waals surface area contributed by atoms with Crippen molar-refractivity contribution in [2.75, 3.05) is 46.7 Å². The van der Waals surface area contributed by atoms with Crippen LogP contribution in [-0.2, 0) is 13.0 Å². The fourth-order valence-electron chi connectivity index (χ4n) is 2.42. The third-order valence-corrected chi connectivity index (χ3v) is 4.93. The molecule has 0 aliphatic rings. The van der Waals surface area contributed by atoms with E-state index in [2.05, 4.69) is 20.6 Å². The highest BCUT2D eigenvalue weighted by Gasteiger charge is 2.08. The topological polar surface area (TPSA) is 72.9 Å². The molecule has 2 N–H and O–H groups in total. The Morgan fingerprint density at radius 2 is 1.96 bits per heavy atom. The maximum absolute atomic E-state index is 12.1. The molecule has 28 heavy (non-hydrogen) atoms. The number of aliphatic imine (C=N–C) groups is 1. The molecule has 7 nitrogen and oxygen atoms in total. The van der Waals surface area contributed by atoms with E-state index in [1.54, 1.807) is 37.4 Å². The standard InChI is InChI=1S/C19H28N6OS.HI/c1-20-18(22-12-16-13-27-19(23-16)25(4)5)21-10-9-14-7-6-8-15(11-14)17(26)24(2)3;/h6-8,11,13H,9-10,12H2,1-5H3,(H2,20,21,22);1H. The minimum absolute atomic E-state index is 0. The summed E-state index contributed by atoms with van der Waals surface area (Å²) in [6.07, 6.45) is 0.802. The Balaban J connectivity index is 0.00000392. The van der Waals surface area contributed by atoms with Crippen LogP contribution >= 0.6 is 35.3 Å². The average Bonchev–Trinajstić information content (AvgIpc) is 3.13. The molecule has 0 saturated carbocycles. The van der Waals surface area contributed by atoms with Crippen LogP contribution in [0.5, 0.6) is 0 Å². The molecule has 2 aromatic rings. The predicted octanol–water partition coefficient (Wildman–Crippen LogP) is 2.44. The molecule has 0 radical (unpaired) electrons. The van der Waals surface area contributed by atoms with Gasteiger partial charge in [-0.15, -0.1) is 35.3 Å². The largest absolute Gasteiger partial charge is 0.356 e. The first-order valence-electron chi connectivity index (χ1n) is 8.77. The molecule has 0 atom stereocenters. The van der Waals surface area contributed by atoms with Gasteiger partial charge in [-0.1, -0.05) is 12.1 Å². The quantitative estimate of drug-likeness (QED) is 0.336. The van der Waals surface area contributed by atoms with Crippen molar-refractivity contribution in [3.63, 3.8) is 0 Å². The third-order valence-electron chi connectivity index (χ3n) is 3.87. The summed E-state index contributed by atoms with van der Waals surface area (Å²) in [5.41, 5.74) is 2.81. The average molecular weight is 516 g/mol. The maximum atomic E-state index is 12.1. The van der Waals surface area contributed by atoms with Crippen LogP contribution in [0.1, 0.15) is 21.6 Å². The highest BCUT2D eigenvalue weighted by Crippen LogP contribution is 2.17. The molecule has 0 unspecified atom stereocenters. The van der Waals surface area contributed by atoms with Gasteiger partial charge in [0.1, 0.15) is 0 Å². The highest BCUT2D eigenvalue weighted by atomic mass is 127. The number of thiazole rings is 1. The Labute approximate surface area is 188 Å². The van der Waals surface area contributed by atoms with Gasteiger partial charge in [0, 0.05) is 52.7 Å². The molecule has 1 aromatic heterocycles. The number of carbonyl (C=O) groups excluding carboxylic acids is 1. The number of nitrogens with one attached hydrogen (secondary N) is 2. The van der Waals surface area contributed by atoms with Crippen molar-refractivity contribution in [2.24, 2.45) is 4.99 Å². The van der Waals surface area contributed by atoms with Crippen LogP contribution in [-0.4, -0.2) is 63.5 Å². The van der Waals surface area contributed by atoms with Crippen molar-refractivity contribution in [2.45, 2.75) is 13.0 Å². The number of aromatic nitrogens is 1. The minimum atomic E-state index is 0. The van der Waals surface area contributed by atoms with Gasteiger partial charge in [0.25, 0.3) is 5.91 Å². The van der Waals surface area contributed by atoms with Crippen LogP contribution < -0.4 is 15.5 Å². The number of rotatable bonds is 7.